The largest absolute Gasteiger partial charge is 3.00 e. The van der Waals surface area contributed by atoms with Crippen LogP contribution in [0.2, 0.25) is 0 Å². The van der Waals surface area contributed by atoms with Crippen molar-refractivity contribution in [1.82, 2.24) is 0 Å². The topological polar surface area (TPSA) is 242 Å². The Hall–Kier alpha value is -1.31. The van der Waals surface area contributed by atoms with Crippen molar-refractivity contribution in [2.24, 2.45) is 0 Å². The summed E-state index contributed by atoms with van der Waals surface area (Å²) < 4.78 is 0. The SMILES string of the molecule is CC(=O)[O-].CC(=O)[O-].CC(=O)[O-].OCCO.OCCO.OCCO.[Fe+3]. The molecule has 25 heavy (non-hydrogen) atoms. The van der Waals surface area contributed by atoms with Gasteiger partial charge in [0, 0.05) is 17.9 Å². The van der Waals surface area contributed by atoms with E-state index in [2.05, 4.69) is 0 Å². The minimum absolute atomic E-state index is 0. The molecule has 0 bridgehead atoms. The fourth-order valence-electron chi connectivity index (χ4n) is 0. The van der Waals surface area contributed by atoms with Crippen molar-refractivity contribution >= 4 is 17.9 Å². The Bertz CT molecular complexity index is 182. The summed E-state index contributed by atoms with van der Waals surface area (Å²) in [6.07, 6.45) is 0. The van der Waals surface area contributed by atoms with Crippen LogP contribution in [0, 0.1) is 0 Å². The molecular weight excluding hydrogens is 392 g/mol. The minimum atomic E-state index is -1.08. The average Bonchev–Trinajstić information content (AvgIpc) is 2.45. The standard InChI is InChI=1S/3C2H4O2.3C2H6O2.Fe/c3*1-2(3)4;3*3-1-2-4;/h3*1H3,(H,3,4);3*3-4H,1-2H2;/q;;;;;;+3/p-3. The van der Waals surface area contributed by atoms with Crippen molar-refractivity contribution in [2.75, 3.05) is 39.6 Å². The molecule has 1 radical (unpaired) electrons. The van der Waals surface area contributed by atoms with E-state index in [-0.39, 0.29) is 56.7 Å². The van der Waals surface area contributed by atoms with Gasteiger partial charge < -0.3 is 60.3 Å². The fourth-order valence-corrected chi connectivity index (χ4v) is 0. The number of aliphatic carboxylic acids is 3. The number of aliphatic hydroxyl groups excluding tert-OH is 6. The average molecular weight is 419 g/mol. The smallest absolute Gasteiger partial charge is 0.550 e. The van der Waals surface area contributed by atoms with Gasteiger partial charge in [-0.3, -0.25) is 0 Å². The van der Waals surface area contributed by atoms with Crippen LogP contribution in [0.1, 0.15) is 20.8 Å². The monoisotopic (exact) mass is 419 g/mol. The summed E-state index contributed by atoms with van der Waals surface area (Å²) in [6.45, 7) is 2.17. The maximum Gasteiger partial charge on any atom is 3.00 e. The Morgan fingerprint density at radius 2 is 0.560 bits per heavy atom. The van der Waals surface area contributed by atoms with Crippen molar-refractivity contribution in [3.63, 3.8) is 0 Å². The van der Waals surface area contributed by atoms with E-state index in [1.54, 1.807) is 0 Å². The number of carboxylic acids is 3. The summed E-state index contributed by atoms with van der Waals surface area (Å²) in [6, 6.07) is 0. The first-order chi connectivity index (χ1) is 10.9. The third-order valence-electron chi connectivity index (χ3n) is 0.300. The molecule has 0 amide bonds. The van der Waals surface area contributed by atoms with E-state index >= 15 is 0 Å². The fraction of sp³-hybridized carbons (Fsp3) is 0.750. The Morgan fingerprint density at radius 1 is 0.520 bits per heavy atom. The molecule has 0 saturated carbocycles. The van der Waals surface area contributed by atoms with Crippen LogP contribution in [0.25, 0.3) is 0 Å². The van der Waals surface area contributed by atoms with Gasteiger partial charge >= 0.3 is 17.1 Å². The Kier molecular flexibility index (Phi) is 99.8. The molecule has 13 heteroatoms. The van der Waals surface area contributed by atoms with Crippen LogP contribution in [0.3, 0.4) is 0 Å². The molecule has 0 saturated heterocycles. The molecule has 0 aromatic rings. The van der Waals surface area contributed by atoms with E-state index in [1.165, 1.54) is 0 Å². The Balaban J connectivity index is -0.0000000309. The van der Waals surface area contributed by atoms with E-state index in [0.29, 0.717) is 0 Å². The predicted octanol–water partition coefficient (Wildman–Crippen LogP) is -6.82. The van der Waals surface area contributed by atoms with Gasteiger partial charge in [0.25, 0.3) is 0 Å². The first-order valence-corrected chi connectivity index (χ1v) is 6.12. The molecule has 0 aromatic carbocycles. The van der Waals surface area contributed by atoms with Gasteiger partial charge in [-0.15, -0.1) is 0 Å². The third kappa shape index (κ3) is 3400. The van der Waals surface area contributed by atoms with Crippen LogP contribution in [0.5, 0.6) is 0 Å². The van der Waals surface area contributed by atoms with Crippen LogP contribution in [-0.2, 0) is 31.5 Å². The van der Waals surface area contributed by atoms with E-state index < -0.39 is 17.9 Å². The molecule has 155 valence electrons. The second kappa shape index (κ2) is 57.0. The number of carbonyl (C=O) groups is 3. The van der Waals surface area contributed by atoms with E-state index in [0.717, 1.165) is 20.8 Å². The number of aliphatic hydroxyl groups is 6. The molecular formula is C12H27FeO12. The number of hydrogen-bond donors (Lipinski definition) is 6. The molecule has 0 heterocycles. The van der Waals surface area contributed by atoms with Crippen LogP contribution < -0.4 is 15.3 Å². The predicted molar refractivity (Wildman–Crippen MR) is 74.6 cm³/mol. The second-order valence-electron chi connectivity index (χ2n) is 2.82. The van der Waals surface area contributed by atoms with Gasteiger partial charge in [-0.2, -0.15) is 0 Å². The van der Waals surface area contributed by atoms with Gasteiger partial charge in [-0.05, 0) is 20.8 Å². The summed E-state index contributed by atoms with van der Waals surface area (Å²) in [5.41, 5.74) is 0. The van der Waals surface area contributed by atoms with Crippen LogP contribution in [-0.4, -0.2) is 88.2 Å². The quantitative estimate of drug-likeness (QED) is 0.234. The Morgan fingerprint density at radius 3 is 0.560 bits per heavy atom. The molecule has 6 N–H and O–H groups in total. The number of rotatable bonds is 3. The van der Waals surface area contributed by atoms with Gasteiger partial charge in [0.15, 0.2) is 0 Å². The van der Waals surface area contributed by atoms with Crippen molar-refractivity contribution in [1.29, 1.82) is 0 Å². The molecule has 0 rings (SSSR count). The molecule has 0 fully saturated rings. The molecule has 0 atom stereocenters. The molecule has 0 aliphatic heterocycles. The van der Waals surface area contributed by atoms with E-state index in [9.17, 15) is 0 Å². The number of carbonyl (C=O) groups excluding carboxylic acids is 3. The van der Waals surface area contributed by atoms with Crippen molar-refractivity contribution in [3.05, 3.63) is 0 Å². The zero-order chi connectivity index (χ0) is 21.0. The summed E-state index contributed by atoms with van der Waals surface area (Å²) in [4.78, 5) is 26.7. The maximum absolute atomic E-state index is 8.89. The van der Waals surface area contributed by atoms with Crippen molar-refractivity contribution < 1.29 is 77.4 Å². The second-order valence-corrected chi connectivity index (χ2v) is 2.82. The Labute approximate surface area is 156 Å². The molecule has 0 aliphatic carbocycles. The third-order valence-corrected chi connectivity index (χ3v) is 0.300. The number of hydrogen-bond acceptors (Lipinski definition) is 12. The normalized spacial score (nSPS) is 6.60. The molecule has 0 aliphatic rings. The first-order valence-electron chi connectivity index (χ1n) is 6.12. The maximum atomic E-state index is 8.89. The van der Waals surface area contributed by atoms with Crippen LogP contribution >= 0.6 is 0 Å². The summed E-state index contributed by atoms with van der Waals surface area (Å²) in [5.74, 6) is -3.25. The molecule has 12 nitrogen and oxygen atoms in total. The molecule has 0 unspecified atom stereocenters. The van der Waals surface area contributed by atoms with Crippen molar-refractivity contribution in [2.45, 2.75) is 20.8 Å². The van der Waals surface area contributed by atoms with Gasteiger partial charge in [-0.25, -0.2) is 0 Å². The summed E-state index contributed by atoms with van der Waals surface area (Å²) >= 11 is 0. The first kappa shape index (κ1) is 43.8. The van der Waals surface area contributed by atoms with Gasteiger partial charge in [0.1, 0.15) is 0 Å². The van der Waals surface area contributed by atoms with Crippen LogP contribution in [0.4, 0.5) is 0 Å². The van der Waals surface area contributed by atoms with Gasteiger partial charge in [-0.1, -0.05) is 0 Å². The van der Waals surface area contributed by atoms with Gasteiger partial charge in [0.2, 0.25) is 0 Å². The minimum Gasteiger partial charge on any atom is -0.550 e. The number of carboxylic acid groups (broad SMARTS) is 3. The molecule has 0 aromatic heterocycles. The zero-order valence-electron chi connectivity index (χ0n) is 14.2. The van der Waals surface area contributed by atoms with E-state index in [1.807, 2.05) is 0 Å². The van der Waals surface area contributed by atoms with Crippen LogP contribution in [0.15, 0.2) is 0 Å². The van der Waals surface area contributed by atoms with Gasteiger partial charge in [0.05, 0.1) is 39.6 Å². The van der Waals surface area contributed by atoms with E-state index in [4.69, 9.17) is 60.3 Å². The van der Waals surface area contributed by atoms with Crippen molar-refractivity contribution in [3.8, 4) is 0 Å². The zero-order valence-corrected chi connectivity index (χ0v) is 15.3. The summed E-state index contributed by atoms with van der Waals surface area (Å²) in [5, 5.41) is 72.4. The molecule has 0 spiro atoms. The summed E-state index contributed by atoms with van der Waals surface area (Å²) in [7, 11) is 0.